The van der Waals surface area contributed by atoms with Crippen LogP contribution in [0.5, 0.6) is 0 Å². The fraction of sp³-hybridized carbons (Fsp3) is 0.409. The quantitative estimate of drug-likeness (QED) is 0.600. The molecule has 28 heavy (non-hydrogen) atoms. The second-order valence-electron chi connectivity index (χ2n) is 8.01. The SMILES string of the molecule is CC(=O)C(C(N)C(C)(C)C)P(=O)(OCc1ccccc1)OCc1ccccc1. The third-order valence-corrected chi connectivity index (χ3v) is 6.95. The Hall–Kier alpha value is -1.78. The highest BCUT2D eigenvalue weighted by molar-refractivity contribution is 7.55. The van der Waals surface area contributed by atoms with Gasteiger partial charge in [0.15, 0.2) is 0 Å². The number of nitrogens with two attached hydrogens (primary N) is 1. The number of carbonyl (C=O) groups is 1. The van der Waals surface area contributed by atoms with Crippen LogP contribution < -0.4 is 5.73 Å². The maximum Gasteiger partial charge on any atom is 0.343 e. The van der Waals surface area contributed by atoms with Crippen molar-refractivity contribution >= 4 is 13.4 Å². The van der Waals surface area contributed by atoms with E-state index in [9.17, 15) is 9.36 Å². The van der Waals surface area contributed by atoms with Crippen molar-refractivity contribution in [3.63, 3.8) is 0 Å². The van der Waals surface area contributed by atoms with E-state index in [2.05, 4.69) is 0 Å². The van der Waals surface area contributed by atoms with E-state index in [1.165, 1.54) is 6.92 Å². The lowest BCUT2D eigenvalue weighted by atomic mass is 9.84. The summed E-state index contributed by atoms with van der Waals surface area (Å²) in [4.78, 5) is 12.5. The van der Waals surface area contributed by atoms with Gasteiger partial charge in [-0.15, -0.1) is 0 Å². The fourth-order valence-electron chi connectivity index (χ4n) is 2.82. The second kappa shape index (κ2) is 9.62. The molecular weight excluding hydrogens is 373 g/mol. The van der Waals surface area contributed by atoms with Gasteiger partial charge >= 0.3 is 7.60 Å². The minimum atomic E-state index is -3.84. The molecule has 0 radical (unpaired) electrons. The number of Topliss-reactive ketones (excluding diaryl/α,β-unsaturated/α-hetero) is 1. The van der Waals surface area contributed by atoms with Gasteiger partial charge in [0.1, 0.15) is 11.4 Å². The van der Waals surface area contributed by atoms with Gasteiger partial charge in [-0.2, -0.15) is 0 Å². The molecule has 2 aromatic carbocycles. The molecule has 0 heterocycles. The van der Waals surface area contributed by atoms with Gasteiger partial charge in [0.2, 0.25) is 0 Å². The van der Waals surface area contributed by atoms with Crippen molar-refractivity contribution in [3.05, 3.63) is 71.8 Å². The topological polar surface area (TPSA) is 78.6 Å². The Labute approximate surface area is 167 Å². The lowest BCUT2D eigenvalue weighted by Crippen LogP contribution is -2.48. The minimum absolute atomic E-state index is 0.0769. The normalized spacial score (nSPS) is 14.5. The van der Waals surface area contributed by atoms with Crippen molar-refractivity contribution in [2.45, 2.75) is 52.6 Å². The van der Waals surface area contributed by atoms with Crippen LogP contribution in [-0.4, -0.2) is 17.5 Å². The predicted octanol–water partition coefficient (Wildman–Crippen LogP) is 4.94. The van der Waals surface area contributed by atoms with Crippen LogP contribution in [-0.2, 0) is 31.6 Å². The van der Waals surface area contributed by atoms with Crippen LogP contribution in [0.1, 0.15) is 38.8 Å². The molecule has 2 rings (SSSR count). The van der Waals surface area contributed by atoms with Gasteiger partial charge in [0, 0.05) is 6.04 Å². The van der Waals surface area contributed by atoms with E-state index >= 15 is 0 Å². The lowest BCUT2D eigenvalue weighted by molar-refractivity contribution is -0.118. The van der Waals surface area contributed by atoms with Gasteiger partial charge in [0.25, 0.3) is 0 Å². The Morgan fingerprint density at radius 3 is 1.64 bits per heavy atom. The molecule has 0 fully saturated rings. The highest BCUT2D eigenvalue weighted by atomic mass is 31.2. The van der Waals surface area contributed by atoms with E-state index in [0.717, 1.165) is 11.1 Å². The summed E-state index contributed by atoms with van der Waals surface area (Å²) in [5.74, 6) is -0.299. The first-order valence-corrected chi connectivity index (χ1v) is 11.0. The van der Waals surface area contributed by atoms with E-state index in [4.69, 9.17) is 14.8 Å². The molecule has 0 aliphatic heterocycles. The monoisotopic (exact) mass is 403 g/mol. The van der Waals surface area contributed by atoms with Crippen LogP contribution in [0.15, 0.2) is 60.7 Å². The molecule has 0 bridgehead atoms. The van der Waals surface area contributed by atoms with E-state index in [0.29, 0.717) is 0 Å². The molecule has 0 aromatic heterocycles. The van der Waals surface area contributed by atoms with Crippen LogP contribution in [0.3, 0.4) is 0 Å². The maximum atomic E-state index is 13.8. The molecule has 2 atom stereocenters. The number of rotatable bonds is 9. The zero-order chi connectivity index (χ0) is 20.8. The highest BCUT2D eigenvalue weighted by Gasteiger charge is 2.47. The first-order valence-electron chi connectivity index (χ1n) is 9.36. The molecule has 2 N–H and O–H groups in total. The lowest BCUT2D eigenvalue weighted by Gasteiger charge is -2.36. The number of benzene rings is 2. The Kier molecular flexibility index (Phi) is 7.73. The molecule has 0 aliphatic carbocycles. The number of hydrogen-bond donors (Lipinski definition) is 1. The molecule has 2 unspecified atom stereocenters. The van der Waals surface area contributed by atoms with Gasteiger partial charge in [-0.1, -0.05) is 81.4 Å². The number of ketones is 1. The molecule has 2 aromatic rings. The average Bonchev–Trinajstić information content (AvgIpc) is 2.66. The highest BCUT2D eigenvalue weighted by Crippen LogP contribution is 2.57. The fourth-order valence-corrected chi connectivity index (χ4v) is 5.16. The number of hydrogen-bond acceptors (Lipinski definition) is 5. The van der Waals surface area contributed by atoms with Crippen LogP contribution in [0, 0.1) is 5.41 Å². The molecule has 0 spiro atoms. The summed E-state index contributed by atoms with van der Waals surface area (Å²) in [5, 5.41) is 0. The van der Waals surface area contributed by atoms with E-state index < -0.39 is 24.7 Å². The molecule has 5 nitrogen and oxygen atoms in total. The van der Waals surface area contributed by atoms with Gasteiger partial charge < -0.3 is 14.8 Å². The second-order valence-corrected chi connectivity index (χ2v) is 10.2. The Bertz CT molecular complexity index is 755. The van der Waals surface area contributed by atoms with Crippen molar-refractivity contribution in [2.75, 3.05) is 0 Å². The Balaban J connectivity index is 2.31. The first-order chi connectivity index (χ1) is 13.1. The summed E-state index contributed by atoms with van der Waals surface area (Å²) in [7, 11) is -3.84. The summed E-state index contributed by atoms with van der Waals surface area (Å²) in [6, 6.07) is 18.1. The molecule has 0 saturated carbocycles. The maximum absolute atomic E-state index is 13.8. The van der Waals surface area contributed by atoms with Gasteiger partial charge in [-0.25, -0.2) is 0 Å². The largest absolute Gasteiger partial charge is 0.343 e. The van der Waals surface area contributed by atoms with Gasteiger partial charge in [0.05, 0.1) is 13.2 Å². The van der Waals surface area contributed by atoms with E-state index in [1.54, 1.807) is 0 Å². The summed E-state index contributed by atoms with van der Waals surface area (Å²) < 4.78 is 25.5. The standard InChI is InChI=1S/C22H30NO4P/c1-17(24)20(21(23)22(2,3)4)28(25,26-15-18-11-7-5-8-12-18)27-16-19-13-9-6-10-14-19/h5-14,20-21H,15-16,23H2,1-4H3. The number of carbonyl (C=O) groups excluding carboxylic acids is 1. The Morgan fingerprint density at radius 2 is 1.32 bits per heavy atom. The smallest absolute Gasteiger partial charge is 0.326 e. The molecule has 0 aliphatic rings. The van der Waals surface area contributed by atoms with E-state index in [1.807, 2.05) is 81.4 Å². The van der Waals surface area contributed by atoms with Gasteiger partial charge in [-0.05, 0) is 23.5 Å². The first kappa shape index (κ1) is 22.5. The summed E-state index contributed by atoms with van der Waals surface area (Å²) >= 11 is 0. The zero-order valence-electron chi connectivity index (χ0n) is 17.0. The molecule has 0 saturated heterocycles. The van der Waals surface area contributed by atoms with E-state index in [-0.39, 0.29) is 19.0 Å². The molecule has 0 amide bonds. The molecule has 152 valence electrons. The van der Waals surface area contributed by atoms with Crippen molar-refractivity contribution in [3.8, 4) is 0 Å². The van der Waals surface area contributed by atoms with Crippen LogP contribution in [0.4, 0.5) is 0 Å². The minimum Gasteiger partial charge on any atom is -0.326 e. The van der Waals surface area contributed by atoms with Crippen molar-refractivity contribution < 1.29 is 18.4 Å². The van der Waals surface area contributed by atoms with Crippen molar-refractivity contribution in [1.82, 2.24) is 0 Å². The van der Waals surface area contributed by atoms with Crippen molar-refractivity contribution in [2.24, 2.45) is 11.1 Å². The summed E-state index contributed by atoms with van der Waals surface area (Å²) in [5.41, 5.74) is 6.57. The third-order valence-electron chi connectivity index (χ3n) is 4.61. The zero-order valence-corrected chi connectivity index (χ0v) is 17.9. The summed E-state index contributed by atoms with van der Waals surface area (Å²) in [6.45, 7) is 7.27. The summed E-state index contributed by atoms with van der Waals surface area (Å²) in [6.07, 6.45) is 0. The third kappa shape index (κ3) is 6.11. The van der Waals surface area contributed by atoms with Gasteiger partial charge in [-0.3, -0.25) is 9.36 Å². The van der Waals surface area contributed by atoms with Crippen LogP contribution in [0.2, 0.25) is 0 Å². The average molecular weight is 403 g/mol. The Morgan fingerprint density at radius 1 is 0.929 bits per heavy atom. The van der Waals surface area contributed by atoms with Crippen molar-refractivity contribution in [1.29, 1.82) is 0 Å². The molecule has 6 heteroatoms. The van der Waals surface area contributed by atoms with Crippen LogP contribution in [0.25, 0.3) is 0 Å². The van der Waals surface area contributed by atoms with Crippen LogP contribution >= 0.6 is 7.60 Å². The molecular formula is C22H30NO4P. The predicted molar refractivity (Wildman–Crippen MR) is 112 cm³/mol.